The molecule has 4 rings (SSSR count). The molecular formula is C17H30N2O. The Balaban J connectivity index is 1.41. The highest BCUT2D eigenvalue weighted by atomic mass is 16.5. The van der Waals surface area contributed by atoms with Crippen molar-refractivity contribution in [1.82, 2.24) is 10.2 Å². The molecule has 0 aromatic heterocycles. The summed E-state index contributed by atoms with van der Waals surface area (Å²) in [6, 6.07) is 1.59. The molecule has 3 heteroatoms. The van der Waals surface area contributed by atoms with Crippen LogP contribution in [0.4, 0.5) is 0 Å². The smallest absolute Gasteiger partial charge is 0.0697 e. The van der Waals surface area contributed by atoms with Crippen LogP contribution in [-0.4, -0.2) is 48.8 Å². The van der Waals surface area contributed by atoms with E-state index in [9.17, 15) is 0 Å². The molecule has 1 N–H and O–H groups in total. The molecule has 3 saturated heterocycles. The van der Waals surface area contributed by atoms with Gasteiger partial charge in [-0.1, -0.05) is 19.3 Å². The molecule has 3 nitrogen and oxygen atoms in total. The third-order valence-electron chi connectivity index (χ3n) is 6.38. The summed E-state index contributed by atoms with van der Waals surface area (Å²) in [6.45, 7) is 4.89. The maximum atomic E-state index is 6.27. The molecule has 0 aromatic rings. The number of nitrogens with one attached hydrogen (secondary N) is 1. The number of hydrogen-bond acceptors (Lipinski definition) is 3. The van der Waals surface area contributed by atoms with Crippen LogP contribution in [-0.2, 0) is 4.74 Å². The predicted octanol–water partition coefficient (Wildman–Crippen LogP) is 2.55. The molecule has 0 amide bonds. The molecule has 0 aromatic carbocycles. The topological polar surface area (TPSA) is 24.5 Å². The van der Waals surface area contributed by atoms with Crippen molar-refractivity contribution in [2.24, 2.45) is 5.92 Å². The van der Waals surface area contributed by atoms with Gasteiger partial charge in [0, 0.05) is 31.8 Å². The van der Waals surface area contributed by atoms with Crippen LogP contribution in [0.1, 0.15) is 57.8 Å². The van der Waals surface area contributed by atoms with E-state index in [1.807, 2.05) is 0 Å². The van der Waals surface area contributed by atoms with Crippen LogP contribution in [0.3, 0.4) is 0 Å². The van der Waals surface area contributed by atoms with E-state index in [0.717, 1.165) is 24.6 Å². The van der Waals surface area contributed by atoms with Crippen molar-refractivity contribution in [2.75, 3.05) is 26.2 Å². The highest BCUT2D eigenvalue weighted by Crippen LogP contribution is 2.41. The van der Waals surface area contributed by atoms with E-state index in [0.29, 0.717) is 0 Å². The summed E-state index contributed by atoms with van der Waals surface area (Å²) >= 11 is 0. The van der Waals surface area contributed by atoms with Gasteiger partial charge >= 0.3 is 0 Å². The number of rotatable bonds is 1. The zero-order valence-corrected chi connectivity index (χ0v) is 12.8. The number of ether oxygens (including phenoxy) is 1. The summed E-state index contributed by atoms with van der Waals surface area (Å²) < 4.78 is 6.27. The summed E-state index contributed by atoms with van der Waals surface area (Å²) in [5.41, 5.74) is 0.266. The van der Waals surface area contributed by atoms with Gasteiger partial charge in [0.15, 0.2) is 0 Å². The monoisotopic (exact) mass is 278 g/mol. The van der Waals surface area contributed by atoms with Crippen LogP contribution >= 0.6 is 0 Å². The number of fused-ring (bicyclic) bond motifs is 1. The van der Waals surface area contributed by atoms with Gasteiger partial charge in [-0.05, 0) is 51.0 Å². The van der Waals surface area contributed by atoms with Crippen LogP contribution in [0.15, 0.2) is 0 Å². The molecule has 3 aliphatic heterocycles. The van der Waals surface area contributed by atoms with Crippen molar-refractivity contribution in [2.45, 2.75) is 75.5 Å². The molecule has 1 saturated carbocycles. The SMILES string of the molecule is C1CCC2(CC1)CC(N1CC3CCCNC3C1)CCO2. The van der Waals surface area contributed by atoms with Crippen molar-refractivity contribution in [3.05, 3.63) is 0 Å². The summed E-state index contributed by atoms with van der Waals surface area (Å²) in [5, 5.41) is 3.75. The lowest BCUT2D eigenvalue weighted by atomic mass is 9.78. The second kappa shape index (κ2) is 5.58. The molecular weight excluding hydrogens is 248 g/mol. The molecule has 3 atom stereocenters. The van der Waals surface area contributed by atoms with Gasteiger partial charge in [0.2, 0.25) is 0 Å². The van der Waals surface area contributed by atoms with Gasteiger partial charge in [-0.3, -0.25) is 4.90 Å². The standard InChI is InChI=1S/C17H30N2O/c1-2-7-17(8-3-1)11-15(6-10-20-17)19-12-14-5-4-9-18-16(14)13-19/h14-16,18H,1-13H2. The largest absolute Gasteiger partial charge is 0.375 e. The van der Waals surface area contributed by atoms with E-state index in [1.54, 1.807) is 0 Å². The second-order valence-electron chi connectivity index (χ2n) is 7.66. The molecule has 0 bridgehead atoms. The fraction of sp³-hybridized carbons (Fsp3) is 1.00. The first-order valence-electron chi connectivity index (χ1n) is 8.96. The van der Waals surface area contributed by atoms with Crippen LogP contribution in [0, 0.1) is 5.92 Å². The van der Waals surface area contributed by atoms with E-state index in [-0.39, 0.29) is 5.60 Å². The molecule has 0 radical (unpaired) electrons. The first-order valence-corrected chi connectivity index (χ1v) is 8.96. The van der Waals surface area contributed by atoms with E-state index in [1.165, 1.54) is 77.4 Å². The third kappa shape index (κ3) is 2.53. The van der Waals surface area contributed by atoms with Gasteiger partial charge in [0.05, 0.1) is 5.60 Å². The van der Waals surface area contributed by atoms with Crippen LogP contribution in [0.2, 0.25) is 0 Å². The Hall–Kier alpha value is -0.120. The minimum atomic E-state index is 0.266. The lowest BCUT2D eigenvalue weighted by Gasteiger charge is -2.46. The first kappa shape index (κ1) is 13.5. The molecule has 1 spiro atoms. The summed E-state index contributed by atoms with van der Waals surface area (Å²) in [7, 11) is 0. The lowest BCUT2D eigenvalue weighted by molar-refractivity contribution is -0.122. The predicted molar refractivity (Wildman–Crippen MR) is 80.9 cm³/mol. The maximum absolute atomic E-state index is 6.27. The third-order valence-corrected chi connectivity index (χ3v) is 6.38. The Bertz CT molecular complexity index is 320. The normalized spacial score (nSPS) is 41.7. The zero-order chi connectivity index (χ0) is 13.4. The van der Waals surface area contributed by atoms with E-state index in [4.69, 9.17) is 4.74 Å². The van der Waals surface area contributed by atoms with Crippen molar-refractivity contribution >= 4 is 0 Å². The van der Waals surface area contributed by atoms with Gasteiger partial charge in [-0.25, -0.2) is 0 Å². The Morgan fingerprint density at radius 3 is 2.75 bits per heavy atom. The average molecular weight is 278 g/mol. The molecule has 3 unspecified atom stereocenters. The lowest BCUT2D eigenvalue weighted by Crippen LogP contribution is -2.49. The molecule has 3 heterocycles. The molecule has 4 aliphatic rings. The van der Waals surface area contributed by atoms with Crippen LogP contribution in [0.25, 0.3) is 0 Å². The van der Waals surface area contributed by atoms with Gasteiger partial charge < -0.3 is 10.1 Å². The van der Waals surface area contributed by atoms with Crippen LogP contribution in [0.5, 0.6) is 0 Å². The minimum absolute atomic E-state index is 0.266. The fourth-order valence-corrected chi connectivity index (χ4v) is 5.24. The Labute approximate surface area is 123 Å². The molecule has 114 valence electrons. The number of nitrogens with zero attached hydrogens (tertiary/aromatic N) is 1. The van der Waals surface area contributed by atoms with Gasteiger partial charge in [0.25, 0.3) is 0 Å². The number of hydrogen-bond donors (Lipinski definition) is 1. The van der Waals surface area contributed by atoms with Crippen LogP contribution < -0.4 is 5.32 Å². The van der Waals surface area contributed by atoms with Crippen molar-refractivity contribution < 1.29 is 4.74 Å². The van der Waals surface area contributed by atoms with Gasteiger partial charge in [-0.2, -0.15) is 0 Å². The second-order valence-corrected chi connectivity index (χ2v) is 7.66. The van der Waals surface area contributed by atoms with E-state index in [2.05, 4.69) is 10.2 Å². The maximum Gasteiger partial charge on any atom is 0.0697 e. The zero-order valence-electron chi connectivity index (χ0n) is 12.8. The van der Waals surface area contributed by atoms with E-state index >= 15 is 0 Å². The van der Waals surface area contributed by atoms with Crippen molar-refractivity contribution in [1.29, 1.82) is 0 Å². The Morgan fingerprint density at radius 1 is 1.00 bits per heavy atom. The highest BCUT2D eigenvalue weighted by molar-refractivity contribution is 4.98. The average Bonchev–Trinajstić information content (AvgIpc) is 2.92. The summed E-state index contributed by atoms with van der Waals surface area (Å²) in [5.74, 6) is 0.925. The van der Waals surface area contributed by atoms with Crippen molar-refractivity contribution in [3.63, 3.8) is 0 Å². The minimum Gasteiger partial charge on any atom is -0.375 e. The number of piperidine rings is 1. The Kier molecular flexibility index (Phi) is 3.78. The number of likely N-dealkylation sites (tertiary alicyclic amines) is 1. The van der Waals surface area contributed by atoms with E-state index < -0.39 is 0 Å². The van der Waals surface area contributed by atoms with Gasteiger partial charge in [-0.15, -0.1) is 0 Å². The highest BCUT2D eigenvalue weighted by Gasteiger charge is 2.43. The summed E-state index contributed by atoms with van der Waals surface area (Å²) in [6.07, 6.45) is 12.3. The molecule has 1 aliphatic carbocycles. The quantitative estimate of drug-likeness (QED) is 0.798. The first-order chi connectivity index (χ1) is 9.85. The molecule has 20 heavy (non-hydrogen) atoms. The van der Waals surface area contributed by atoms with Gasteiger partial charge in [0.1, 0.15) is 0 Å². The fourth-order valence-electron chi connectivity index (χ4n) is 5.24. The summed E-state index contributed by atoms with van der Waals surface area (Å²) in [4.78, 5) is 2.81. The Morgan fingerprint density at radius 2 is 1.90 bits per heavy atom. The van der Waals surface area contributed by atoms with Crippen molar-refractivity contribution in [3.8, 4) is 0 Å². The molecule has 4 fully saturated rings.